The molecule has 0 aliphatic carbocycles. The molecule has 0 amide bonds. The molecule has 6 nitrogen and oxygen atoms in total. The molecule has 0 aliphatic heterocycles. The van der Waals surface area contributed by atoms with Crippen molar-refractivity contribution in [3.8, 4) is 0 Å². The number of ether oxygens (including phenoxy) is 3. The summed E-state index contributed by atoms with van der Waals surface area (Å²) < 4.78 is 17.0. The van der Waals surface area contributed by atoms with Crippen LogP contribution in [0.15, 0.2) is 72.9 Å². The van der Waals surface area contributed by atoms with E-state index in [9.17, 15) is 14.4 Å². The van der Waals surface area contributed by atoms with Crippen LogP contribution >= 0.6 is 0 Å². The van der Waals surface area contributed by atoms with Gasteiger partial charge in [-0.3, -0.25) is 14.4 Å². The summed E-state index contributed by atoms with van der Waals surface area (Å²) in [5.41, 5.74) is 0. The van der Waals surface area contributed by atoms with Crippen molar-refractivity contribution in [1.29, 1.82) is 0 Å². The molecule has 0 heterocycles. The smallest absolute Gasteiger partial charge is 0.306 e. The first kappa shape index (κ1) is 78.8. The molecule has 0 fully saturated rings. The first-order valence-corrected chi connectivity index (χ1v) is 35.9. The van der Waals surface area contributed by atoms with Gasteiger partial charge in [0.05, 0.1) is 0 Å². The Bertz CT molecular complexity index is 1500. The van der Waals surface area contributed by atoms with Gasteiger partial charge >= 0.3 is 17.9 Å². The third-order valence-electron chi connectivity index (χ3n) is 15.9. The highest BCUT2D eigenvalue weighted by Gasteiger charge is 2.19. The molecular weight excluding hydrogens is 1010 g/mol. The monoisotopic (exact) mass is 1150 g/mol. The van der Waals surface area contributed by atoms with Gasteiger partial charge < -0.3 is 14.2 Å². The summed E-state index contributed by atoms with van der Waals surface area (Å²) in [6.07, 6.45) is 92.1. The van der Waals surface area contributed by atoms with E-state index in [1.165, 1.54) is 250 Å². The van der Waals surface area contributed by atoms with Crippen LogP contribution in [0.4, 0.5) is 0 Å². The standard InChI is InChI=1S/C76H136O6/c1-4-7-10-13-16-19-22-25-28-31-33-35-37-38-40-41-43-45-48-51-54-57-60-63-66-69-75(78)81-72-73(71-80-74(77)68-65-62-59-56-53-50-47-30-27-24-21-18-15-12-9-6-3)82-76(79)70-67-64-61-58-55-52-49-46-44-42-39-36-34-32-29-26-23-20-17-14-11-8-5-2/h22-23,25-26,30-34,37-38,47,73H,4-21,24,27-29,35-36,39-46,48-72H2,1-3H3/b25-22-,26-23-,33-31-,34-32-,38-37-,47-30-. The quantitative estimate of drug-likeness (QED) is 0.0261. The van der Waals surface area contributed by atoms with Crippen LogP contribution in [0.1, 0.15) is 374 Å². The summed E-state index contributed by atoms with van der Waals surface area (Å²) in [6.45, 7) is 6.66. The Morgan fingerprint density at radius 3 is 0.695 bits per heavy atom. The van der Waals surface area contributed by atoms with Gasteiger partial charge in [-0.1, -0.05) is 312 Å². The molecule has 0 rings (SSSR count). The van der Waals surface area contributed by atoms with Gasteiger partial charge in [0.2, 0.25) is 0 Å². The Morgan fingerprint density at radius 1 is 0.244 bits per heavy atom. The second-order valence-corrected chi connectivity index (χ2v) is 24.1. The van der Waals surface area contributed by atoms with Gasteiger partial charge in [0, 0.05) is 19.3 Å². The average molecular weight is 1150 g/mol. The number of hydrogen-bond acceptors (Lipinski definition) is 6. The largest absolute Gasteiger partial charge is 0.462 e. The topological polar surface area (TPSA) is 78.9 Å². The van der Waals surface area contributed by atoms with Crippen molar-refractivity contribution >= 4 is 17.9 Å². The Kier molecular flexibility index (Phi) is 67.6. The molecule has 1 atom stereocenters. The fourth-order valence-corrected chi connectivity index (χ4v) is 10.5. The minimum Gasteiger partial charge on any atom is -0.462 e. The fourth-order valence-electron chi connectivity index (χ4n) is 10.5. The minimum absolute atomic E-state index is 0.0787. The molecule has 0 aromatic carbocycles. The summed E-state index contributed by atoms with van der Waals surface area (Å²) >= 11 is 0. The summed E-state index contributed by atoms with van der Waals surface area (Å²) in [5, 5.41) is 0. The molecule has 82 heavy (non-hydrogen) atoms. The molecule has 0 radical (unpaired) electrons. The predicted octanol–water partition coefficient (Wildman–Crippen LogP) is 24.8. The van der Waals surface area contributed by atoms with Gasteiger partial charge in [0.1, 0.15) is 13.2 Å². The normalized spacial score (nSPS) is 12.5. The number of carbonyl (C=O) groups is 3. The van der Waals surface area contributed by atoms with Crippen LogP contribution in [0, 0.1) is 0 Å². The highest BCUT2D eigenvalue weighted by atomic mass is 16.6. The fraction of sp³-hybridized carbons (Fsp3) is 0.803. The molecule has 0 saturated carbocycles. The molecule has 0 saturated heterocycles. The van der Waals surface area contributed by atoms with E-state index in [1.807, 2.05) is 0 Å². The third kappa shape index (κ3) is 67.6. The van der Waals surface area contributed by atoms with E-state index in [2.05, 4.69) is 93.7 Å². The van der Waals surface area contributed by atoms with Crippen LogP contribution in [-0.4, -0.2) is 37.2 Å². The van der Waals surface area contributed by atoms with Gasteiger partial charge in [0.25, 0.3) is 0 Å². The predicted molar refractivity (Wildman–Crippen MR) is 358 cm³/mol. The Balaban J connectivity index is 4.34. The summed E-state index contributed by atoms with van der Waals surface area (Å²) in [7, 11) is 0. The molecule has 0 bridgehead atoms. The summed E-state index contributed by atoms with van der Waals surface area (Å²) in [6, 6.07) is 0. The van der Waals surface area contributed by atoms with Gasteiger partial charge in [-0.05, 0) is 116 Å². The lowest BCUT2D eigenvalue weighted by molar-refractivity contribution is -0.167. The van der Waals surface area contributed by atoms with E-state index in [-0.39, 0.29) is 31.1 Å². The van der Waals surface area contributed by atoms with Crippen molar-refractivity contribution in [2.24, 2.45) is 0 Å². The summed E-state index contributed by atoms with van der Waals surface area (Å²) in [5.74, 6) is -0.872. The van der Waals surface area contributed by atoms with Gasteiger partial charge in [-0.15, -0.1) is 0 Å². The van der Waals surface area contributed by atoms with Crippen LogP contribution in [0.2, 0.25) is 0 Å². The lowest BCUT2D eigenvalue weighted by Gasteiger charge is -2.18. The van der Waals surface area contributed by atoms with E-state index < -0.39 is 6.10 Å². The van der Waals surface area contributed by atoms with Crippen LogP contribution < -0.4 is 0 Å². The number of esters is 3. The van der Waals surface area contributed by atoms with Crippen molar-refractivity contribution in [3.63, 3.8) is 0 Å². The van der Waals surface area contributed by atoms with E-state index in [1.54, 1.807) is 0 Å². The Hall–Kier alpha value is -3.15. The number of unbranched alkanes of at least 4 members (excludes halogenated alkanes) is 43. The first-order valence-electron chi connectivity index (χ1n) is 35.9. The van der Waals surface area contributed by atoms with Crippen molar-refractivity contribution in [1.82, 2.24) is 0 Å². The van der Waals surface area contributed by atoms with E-state index >= 15 is 0 Å². The molecule has 476 valence electrons. The second kappa shape index (κ2) is 70.3. The van der Waals surface area contributed by atoms with Crippen molar-refractivity contribution in [2.45, 2.75) is 380 Å². The molecule has 0 spiro atoms. The average Bonchev–Trinajstić information content (AvgIpc) is 3.47. The molecule has 0 aromatic rings. The van der Waals surface area contributed by atoms with Crippen LogP contribution in [0.25, 0.3) is 0 Å². The van der Waals surface area contributed by atoms with E-state index in [0.717, 1.165) is 83.5 Å². The second-order valence-electron chi connectivity index (χ2n) is 24.1. The maximum Gasteiger partial charge on any atom is 0.306 e. The Labute approximate surface area is 510 Å². The van der Waals surface area contributed by atoms with Crippen LogP contribution in [0.3, 0.4) is 0 Å². The van der Waals surface area contributed by atoms with Crippen molar-refractivity contribution in [2.75, 3.05) is 13.2 Å². The zero-order chi connectivity index (χ0) is 59.2. The van der Waals surface area contributed by atoms with Gasteiger partial charge in [-0.25, -0.2) is 0 Å². The van der Waals surface area contributed by atoms with Crippen molar-refractivity contribution in [3.05, 3.63) is 72.9 Å². The van der Waals surface area contributed by atoms with Crippen molar-refractivity contribution < 1.29 is 28.6 Å². The molecule has 0 aromatic heterocycles. The number of carbonyl (C=O) groups excluding carboxylic acids is 3. The van der Waals surface area contributed by atoms with Gasteiger partial charge in [0.15, 0.2) is 6.10 Å². The molecule has 6 heteroatoms. The highest BCUT2D eigenvalue weighted by Crippen LogP contribution is 2.17. The molecule has 0 aliphatic rings. The number of rotatable bonds is 66. The van der Waals surface area contributed by atoms with Crippen LogP contribution in [0.5, 0.6) is 0 Å². The highest BCUT2D eigenvalue weighted by molar-refractivity contribution is 5.71. The zero-order valence-electron chi connectivity index (χ0n) is 54.8. The Morgan fingerprint density at radius 2 is 0.439 bits per heavy atom. The molecule has 1 unspecified atom stereocenters. The third-order valence-corrected chi connectivity index (χ3v) is 15.9. The first-order chi connectivity index (χ1) is 40.5. The van der Waals surface area contributed by atoms with E-state index in [0.29, 0.717) is 19.3 Å². The lowest BCUT2D eigenvalue weighted by atomic mass is 10.0. The maximum absolute atomic E-state index is 13.0. The lowest BCUT2D eigenvalue weighted by Crippen LogP contribution is -2.30. The van der Waals surface area contributed by atoms with Crippen LogP contribution in [-0.2, 0) is 28.6 Å². The zero-order valence-corrected chi connectivity index (χ0v) is 54.8. The SMILES string of the molecule is CCCCCCC/C=C\C/C=C\C/C=C\CCCCCCCCCCCCC(=O)OCC(COC(=O)CCCCCCC/C=C\CCCCCCCCC)OC(=O)CCCCCCCCCCCCC/C=C\C/C=C\CCCCCCC. The maximum atomic E-state index is 13.0. The summed E-state index contributed by atoms with van der Waals surface area (Å²) in [4.78, 5) is 38.5. The number of hydrogen-bond donors (Lipinski definition) is 0. The molecular formula is C76H136O6. The van der Waals surface area contributed by atoms with Gasteiger partial charge in [-0.2, -0.15) is 0 Å². The minimum atomic E-state index is -0.784. The van der Waals surface area contributed by atoms with E-state index in [4.69, 9.17) is 14.2 Å². The number of allylic oxidation sites excluding steroid dienone is 12. The molecule has 0 N–H and O–H groups in total.